The van der Waals surface area contributed by atoms with Gasteiger partial charge in [-0.3, -0.25) is 18.5 Å². The summed E-state index contributed by atoms with van der Waals surface area (Å²) >= 11 is 6.52. The lowest BCUT2D eigenvalue weighted by atomic mass is 9.81. The summed E-state index contributed by atoms with van der Waals surface area (Å²) < 4.78 is 101. The topological polar surface area (TPSA) is 220 Å². The summed E-state index contributed by atoms with van der Waals surface area (Å²) in [4.78, 5) is 17.7. The van der Waals surface area contributed by atoms with Gasteiger partial charge in [-0.05, 0) is 103 Å². The molecule has 5 rings (SSSR count). The third-order valence-electron chi connectivity index (χ3n) is 10.6. The molecule has 0 amide bonds. The zero-order valence-corrected chi connectivity index (χ0v) is 36.4. The lowest BCUT2D eigenvalue weighted by Crippen LogP contribution is -2.36. The minimum Gasteiger partial charge on any atom is -0.481 e. The number of carboxylic acids is 1. The summed E-state index contributed by atoms with van der Waals surface area (Å²) in [7, 11) is -13.0. The molecule has 2 aliphatic heterocycles. The molecule has 3 aromatic rings. The Labute approximate surface area is 350 Å². The molecular formula is C41H49ClN3O11S3+. The predicted octanol–water partition coefficient (Wildman–Crippen LogP) is 6.91. The van der Waals surface area contributed by atoms with E-state index in [0.29, 0.717) is 52.8 Å². The van der Waals surface area contributed by atoms with Gasteiger partial charge in [-0.25, -0.2) is 4.57 Å². The molecule has 3 heterocycles. The first kappa shape index (κ1) is 45.8. The van der Waals surface area contributed by atoms with Crippen LogP contribution in [0, 0.1) is 0 Å². The van der Waals surface area contributed by atoms with Crippen molar-refractivity contribution in [2.45, 2.75) is 88.5 Å². The second kappa shape index (κ2) is 17.8. The van der Waals surface area contributed by atoms with Crippen molar-refractivity contribution in [2.24, 2.45) is 4.99 Å². The van der Waals surface area contributed by atoms with Gasteiger partial charge in [0.1, 0.15) is 6.20 Å². The molecule has 0 radical (unpaired) electrons. The molecule has 0 saturated heterocycles. The summed E-state index contributed by atoms with van der Waals surface area (Å²) in [5.74, 6) is -1.18. The van der Waals surface area contributed by atoms with E-state index in [0.717, 1.165) is 22.3 Å². The van der Waals surface area contributed by atoms with Crippen molar-refractivity contribution in [2.75, 3.05) is 23.0 Å². The molecular weight excluding hydrogens is 842 g/mol. The molecule has 318 valence electrons. The van der Waals surface area contributed by atoms with Gasteiger partial charge in [0, 0.05) is 36.2 Å². The lowest BCUT2D eigenvalue weighted by molar-refractivity contribution is -0.684. The fourth-order valence-electron chi connectivity index (χ4n) is 7.47. The molecule has 14 nitrogen and oxygen atoms in total. The average Bonchev–Trinajstić information content (AvgIpc) is 3.49. The van der Waals surface area contributed by atoms with Crippen molar-refractivity contribution in [1.29, 1.82) is 0 Å². The number of allylic oxidation sites excluding steroid dienone is 6. The van der Waals surface area contributed by atoms with Crippen LogP contribution in [0.2, 0.25) is 5.02 Å². The van der Waals surface area contributed by atoms with Gasteiger partial charge >= 0.3 is 11.8 Å². The van der Waals surface area contributed by atoms with Crippen LogP contribution >= 0.6 is 11.6 Å². The van der Waals surface area contributed by atoms with E-state index in [1.165, 1.54) is 12.1 Å². The molecule has 18 heteroatoms. The molecule has 59 heavy (non-hydrogen) atoms. The van der Waals surface area contributed by atoms with E-state index in [-0.39, 0.29) is 37.2 Å². The van der Waals surface area contributed by atoms with Crippen LogP contribution in [0.1, 0.15) is 82.1 Å². The number of carbonyl (C=O) groups is 1. The SMILES string of the molecule is CC1(C)C(/C=C/C(=C/C=C2/N(CCCS(=O)(=O)O)c3ccc(S(=O)(=O)O)cc3C2(C)C)c2cccc(CCCCC(=O)O)c2)=Nc2c1cc(Cl)c[n+]2CCCS(=O)(=O)O. The zero-order chi connectivity index (χ0) is 43.6. The summed E-state index contributed by atoms with van der Waals surface area (Å²) in [6.45, 7) is 8.16. The van der Waals surface area contributed by atoms with Crippen LogP contribution in [0.15, 0.2) is 94.6 Å². The highest BCUT2D eigenvalue weighted by Gasteiger charge is 2.43. The second-order valence-electron chi connectivity index (χ2n) is 15.7. The Morgan fingerprint density at radius 2 is 1.56 bits per heavy atom. The van der Waals surface area contributed by atoms with Crippen molar-refractivity contribution in [3.05, 3.63) is 112 Å². The Hall–Kier alpha value is -4.23. The van der Waals surface area contributed by atoms with Crippen molar-refractivity contribution in [3.63, 3.8) is 0 Å². The summed E-state index contributed by atoms with van der Waals surface area (Å²) in [6, 6.07) is 13.9. The minimum absolute atomic E-state index is 0.0570. The molecule has 0 atom stereocenters. The van der Waals surface area contributed by atoms with Gasteiger partial charge in [0.25, 0.3) is 30.4 Å². The zero-order valence-electron chi connectivity index (χ0n) is 33.2. The maximum atomic E-state index is 12.2. The van der Waals surface area contributed by atoms with E-state index in [1.54, 1.807) is 16.8 Å². The van der Waals surface area contributed by atoms with Gasteiger partial charge in [0.15, 0.2) is 5.71 Å². The number of pyridine rings is 1. The molecule has 0 bridgehead atoms. The Kier molecular flexibility index (Phi) is 13.8. The molecule has 0 spiro atoms. The number of benzene rings is 2. The smallest absolute Gasteiger partial charge is 0.327 e. The first-order valence-corrected chi connectivity index (χ1v) is 23.9. The fourth-order valence-corrected chi connectivity index (χ4v) is 9.19. The van der Waals surface area contributed by atoms with E-state index >= 15 is 0 Å². The van der Waals surface area contributed by atoms with Crippen LogP contribution in [-0.4, -0.2) is 73.7 Å². The Morgan fingerprint density at radius 3 is 2.22 bits per heavy atom. The maximum Gasteiger partial charge on any atom is 0.327 e. The fraction of sp³-hybridized carbons (Fsp3) is 0.390. The van der Waals surface area contributed by atoms with Gasteiger partial charge in [0.05, 0.1) is 38.9 Å². The number of nitrogens with zero attached hydrogens (tertiary/aromatic N) is 3. The number of carboxylic acid groups (broad SMARTS) is 1. The second-order valence-corrected chi connectivity index (χ2v) is 20.7. The van der Waals surface area contributed by atoms with E-state index in [9.17, 15) is 43.7 Å². The lowest BCUT2D eigenvalue weighted by Gasteiger charge is -2.27. The highest BCUT2D eigenvalue weighted by Crippen LogP contribution is 2.49. The molecule has 2 aliphatic rings. The number of aliphatic imine (C=N–C) groups is 1. The van der Waals surface area contributed by atoms with E-state index in [4.69, 9.17) is 21.7 Å². The van der Waals surface area contributed by atoms with Gasteiger partial charge < -0.3 is 10.0 Å². The number of fused-ring (bicyclic) bond motifs is 2. The summed E-state index contributed by atoms with van der Waals surface area (Å²) in [6.07, 6.45) is 11.3. The predicted molar refractivity (Wildman–Crippen MR) is 227 cm³/mol. The van der Waals surface area contributed by atoms with E-state index in [2.05, 4.69) is 0 Å². The van der Waals surface area contributed by atoms with Gasteiger partial charge in [-0.2, -0.15) is 25.3 Å². The minimum atomic E-state index is -4.54. The Morgan fingerprint density at radius 1 is 0.864 bits per heavy atom. The highest BCUT2D eigenvalue weighted by atomic mass is 35.5. The third-order valence-corrected chi connectivity index (χ3v) is 13.2. The normalized spacial score (nSPS) is 17.1. The standard InChI is InChI=1S/C41H48ClN3O11S3/c1-40(2)34-25-31(42)27-44(20-8-22-57(48,49)50)39(34)43-36(40)18-14-29(30-12-7-11-28(24-30)10-5-6-13-38(46)47)15-19-37-41(3,4)33-26-32(59(54,55)56)16-17-35(33)45(37)21-9-23-58(51,52)53/h7,11-12,14-19,24-27H,5-6,8-10,13,20-23H2,1-4H3,(H3-,46,47,48,49,50,51,52,53,54,55,56)/p+1. The molecule has 0 fully saturated rings. The molecule has 0 aliphatic carbocycles. The highest BCUT2D eigenvalue weighted by molar-refractivity contribution is 7.86. The number of aliphatic carboxylic acids is 1. The van der Waals surface area contributed by atoms with Crippen molar-refractivity contribution in [1.82, 2.24) is 0 Å². The van der Waals surface area contributed by atoms with Gasteiger partial charge in [0.2, 0.25) is 0 Å². The summed E-state index contributed by atoms with van der Waals surface area (Å²) in [5, 5.41) is 9.54. The summed E-state index contributed by atoms with van der Waals surface area (Å²) in [5.41, 5.74) is 4.47. The van der Waals surface area contributed by atoms with Crippen molar-refractivity contribution < 1.29 is 53.4 Å². The molecule has 2 aromatic carbocycles. The molecule has 0 unspecified atom stereocenters. The third kappa shape index (κ3) is 11.5. The number of halogens is 1. The quantitative estimate of drug-likeness (QED) is 0.0443. The maximum absolute atomic E-state index is 12.2. The number of rotatable bonds is 18. The first-order chi connectivity index (χ1) is 27.4. The van der Waals surface area contributed by atoms with E-state index in [1.807, 2.05) is 87.2 Å². The number of hydrogen-bond donors (Lipinski definition) is 4. The van der Waals surface area contributed by atoms with Crippen LogP contribution in [0.3, 0.4) is 0 Å². The molecule has 1 aromatic heterocycles. The van der Waals surface area contributed by atoms with Gasteiger partial charge in [-0.15, -0.1) is 0 Å². The monoisotopic (exact) mass is 890 g/mol. The molecule has 4 N–H and O–H groups in total. The van der Waals surface area contributed by atoms with Crippen LogP contribution in [0.4, 0.5) is 11.5 Å². The average molecular weight is 892 g/mol. The number of anilines is 1. The van der Waals surface area contributed by atoms with E-state index < -0.39 is 58.7 Å². The first-order valence-electron chi connectivity index (χ1n) is 18.9. The van der Waals surface area contributed by atoms with Crippen LogP contribution in [0.25, 0.3) is 5.57 Å². The van der Waals surface area contributed by atoms with Gasteiger partial charge in [-0.1, -0.05) is 61.9 Å². The number of unbranched alkanes of at least 4 members (excludes halogenated alkanes) is 1. The number of aryl methyl sites for hydroxylation is 2. The number of aromatic nitrogens is 1. The number of hydrogen-bond acceptors (Lipinski definition) is 9. The van der Waals surface area contributed by atoms with Crippen molar-refractivity contribution >= 4 is 70.7 Å². The molecule has 0 saturated carbocycles. The van der Waals surface area contributed by atoms with Crippen LogP contribution in [-0.2, 0) is 58.9 Å². The van der Waals surface area contributed by atoms with Crippen LogP contribution < -0.4 is 9.47 Å². The largest absolute Gasteiger partial charge is 0.481 e. The van der Waals surface area contributed by atoms with Crippen molar-refractivity contribution in [3.8, 4) is 0 Å². The Bertz CT molecular complexity index is 2600. The van der Waals surface area contributed by atoms with Crippen LogP contribution in [0.5, 0.6) is 0 Å². The Balaban J connectivity index is 1.61.